The van der Waals surface area contributed by atoms with E-state index in [0.29, 0.717) is 5.56 Å². The summed E-state index contributed by atoms with van der Waals surface area (Å²) in [6.45, 7) is 2.82. The van der Waals surface area contributed by atoms with Crippen LogP contribution in [-0.4, -0.2) is 6.54 Å². The van der Waals surface area contributed by atoms with Gasteiger partial charge in [0.1, 0.15) is 5.82 Å². The van der Waals surface area contributed by atoms with Gasteiger partial charge in [-0.25, -0.2) is 4.39 Å². The summed E-state index contributed by atoms with van der Waals surface area (Å²) in [5.74, 6) is -0.169. The van der Waals surface area contributed by atoms with Crippen molar-refractivity contribution in [1.29, 1.82) is 0 Å². The Bertz CT molecular complexity index is 768. The Kier molecular flexibility index (Phi) is 4.38. The molecule has 21 heavy (non-hydrogen) atoms. The summed E-state index contributed by atoms with van der Waals surface area (Å²) < 4.78 is 16.5. The first-order valence-corrected chi connectivity index (χ1v) is 8.53. The van der Waals surface area contributed by atoms with Crippen molar-refractivity contribution in [2.75, 3.05) is 6.54 Å². The molecule has 1 aromatic heterocycles. The van der Waals surface area contributed by atoms with Gasteiger partial charge in [0.2, 0.25) is 0 Å². The average molecular weight is 364 g/mol. The summed E-state index contributed by atoms with van der Waals surface area (Å²) >= 11 is 5.27. The highest BCUT2D eigenvalue weighted by Crippen LogP contribution is 2.37. The normalized spacial score (nSPS) is 12.7. The van der Waals surface area contributed by atoms with Crippen LogP contribution in [0.2, 0.25) is 0 Å². The van der Waals surface area contributed by atoms with Crippen molar-refractivity contribution in [3.8, 4) is 0 Å². The first-order valence-electron chi connectivity index (χ1n) is 6.85. The molecule has 1 atom stereocenters. The zero-order valence-corrected chi connectivity index (χ0v) is 14.0. The van der Waals surface area contributed by atoms with Crippen LogP contribution in [0.1, 0.15) is 24.1 Å². The molecule has 0 radical (unpaired) electrons. The molecule has 0 bridgehead atoms. The van der Waals surface area contributed by atoms with E-state index >= 15 is 0 Å². The predicted octanol–water partition coefficient (Wildman–Crippen LogP) is 5.50. The molecule has 0 spiro atoms. The second-order valence-corrected chi connectivity index (χ2v) is 6.55. The Morgan fingerprint density at radius 2 is 1.95 bits per heavy atom. The largest absolute Gasteiger partial charge is 0.306 e. The van der Waals surface area contributed by atoms with Crippen LogP contribution in [0, 0.1) is 5.82 Å². The highest BCUT2D eigenvalue weighted by Gasteiger charge is 2.20. The Balaban J connectivity index is 2.16. The number of hydrogen-bond donors (Lipinski definition) is 1. The van der Waals surface area contributed by atoms with Crippen LogP contribution < -0.4 is 5.32 Å². The summed E-state index contributed by atoms with van der Waals surface area (Å²) in [4.78, 5) is 0. The fraction of sp³-hybridized carbons (Fsp3) is 0.176. The number of thiophene rings is 1. The highest BCUT2D eigenvalue weighted by molar-refractivity contribution is 9.10. The topological polar surface area (TPSA) is 12.0 Å². The molecule has 0 aliphatic carbocycles. The lowest BCUT2D eigenvalue weighted by Crippen LogP contribution is -2.22. The van der Waals surface area contributed by atoms with Crippen LogP contribution in [0.25, 0.3) is 10.1 Å². The predicted molar refractivity (Wildman–Crippen MR) is 91.4 cm³/mol. The lowest BCUT2D eigenvalue weighted by Gasteiger charge is -2.19. The van der Waals surface area contributed by atoms with Crippen molar-refractivity contribution in [3.05, 3.63) is 69.3 Å². The van der Waals surface area contributed by atoms with Gasteiger partial charge < -0.3 is 5.32 Å². The molecule has 1 nitrogen and oxygen atoms in total. The van der Waals surface area contributed by atoms with Gasteiger partial charge in [-0.1, -0.05) is 37.3 Å². The van der Waals surface area contributed by atoms with E-state index in [-0.39, 0.29) is 11.9 Å². The molecular formula is C17H15BrFNS. The van der Waals surface area contributed by atoms with Gasteiger partial charge in [-0.2, -0.15) is 0 Å². The quantitative estimate of drug-likeness (QED) is 0.644. The maximum Gasteiger partial charge on any atom is 0.128 e. The van der Waals surface area contributed by atoms with Crippen LogP contribution >= 0.6 is 27.3 Å². The summed E-state index contributed by atoms with van der Waals surface area (Å²) in [6, 6.07) is 13.0. The van der Waals surface area contributed by atoms with Gasteiger partial charge in [0.15, 0.2) is 0 Å². The number of halogens is 2. The third-order valence-electron chi connectivity index (χ3n) is 3.52. The van der Waals surface area contributed by atoms with E-state index in [2.05, 4.69) is 32.7 Å². The molecule has 2 aromatic carbocycles. The van der Waals surface area contributed by atoms with Crippen molar-refractivity contribution >= 4 is 37.4 Å². The minimum atomic E-state index is -0.169. The number of benzene rings is 2. The molecule has 3 rings (SSSR count). The Morgan fingerprint density at radius 1 is 1.14 bits per heavy atom. The minimum Gasteiger partial charge on any atom is -0.306 e. The average Bonchev–Trinajstić information content (AvgIpc) is 2.91. The zero-order chi connectivity index (χ0) is 14.8. The van der Waals surface area contributed by atoms with Crippen molar-refractivity contribution in [2.45, 2.75) is 13.0 Å². The molecule has 0 amide bonds. The van der Waals surface area contributed by atoms with E-state index in [1.807, 2.05) is 31.2 Å². The van der Waals surface area contributed by atoms with E-state index in [9.17, 15) is 4.39 Å². The zero-order valence-electron chi connectivity index (χ0n) is 11.6. The van der Waals surface area contributed by atoms with Gasteiger partial charge >= 0.3 is 0 Å². The first kappa shape index (κ1) is 14.7. The van der Waals surface area contributed by atoms with Crippen LogP contribution in [0.3, 0.4) is 0 Å². The molecule has 1 N–H and O–H groups in total. The molecule has 0 saturated heterocycles. The molecule has 0 aliphatic heterocycles. The van der Waals surface area contributed by atoms with Crippen molar-refractivity contribution in [2.24, 2.45) is 0 Å². The van der Waals surface area contributed by atoms with Gasteiger partial charge in [-0.15, -0.1) is 11.3 Å². The Morgan fingerprint density at radius 3 is 2.71 bits per heavy atom. The fourth-order valence-electron chi connectivity index (χ4n) is 2.57. The molecule has 108 valence electrons. The smallest absolute Gasteiger partial charge is 0.128 e. The van der Waals surface area contributed by atoms with E-state index in [4.69, 9.17) is 0 Å². The van der Waals surface area contributed by atoms with Crippen LogP contribution in [0.4, 0.5) is 4.39 Å². The van der Waals surface area contributed by atoms with Crippen LogP contribution in [0.5, 0.6) is 0 Å². The van der Waals surface area contributed by atoms with Crippen LogP contribution in [0.15, 0.2) is 52.3 Å². The number of rotatable bonds is 4. The Hall–Kier alpha value is -1.23. The van der Waals surface area contributed by atoms with Gasteiger partial charge in [-0.3, -0.25) is 0 Å². The third kappa shape index (κ3) is 2.76. The maximum absolute atomic E-state index is 14.2. The van der Waals surface area contributed by atoms with E-state index in [1.54, 1.807) is 17.4 Å². The third-order valence-corrected chi connectivity index (χ3v) is 5.49. The van der Waals surface area contributed by atoms with Crippen molar-refractivity contribution < 1.29 is 4.39 Å². The molecule has 0 saturated carbocycles. The molecule has 1 unspecified atom stereocenters. The maximum atomic E-state index is 14.2. The second kappa shape index (κ2) is 6.26. The van der Waals surface area contributed by atoms with Gasteiger partial charge in [0, 0.05) is 14.7 Å². The standard InChI is InChI=1S/C17H15BrFNS/c1-2-20-16(12-6-3-4-9-15(12)19)13-10-21-17-11(13)7-5-8-14(17)18/h3-10,16,20H,2H2,1H3. The number of fused-ring (bicyclic) bond motifs is 1. The molecular weight excluding hydrogens is 349 g/mol. The lowest BCUT2D eigenvalue weighted by atomic mass is 9.97. The minimum absolute atomic E-state index is 0.126. The second-order valence-electron chi connectivity index (χ2n) is 4.82. The molecule has 0 fully saturated rings. The summed E-state index contributed by atoms with van der Waals surface area (Å²) in [5, 5.41) is 6.70. The number of hydrogen-bond acceptors (Lipinski definition) is 2. The number of nitrogens with one attached hydrogen (secondary N) is 1. The molecule has 4 heteroatoms. The Labute approximate surface area is 135 Å². The fourth-order valence-corrected chi connectivity index (χ4v) is 4.21. The first-order chi connectivity index (χ1) is 10.2. The SMILES string of the molecule is CCNC(c1ccccc1F)c1csc2c(Br)cccc12. The van der Waals surface area contributed by atoms with Crippen molar-refractivity contribution in [1.82, 2.24) is 5.32 Å². The molecule has 1 heterocycles. The highest BCUT2D eigenvalue weighted by atomic mass is 79.9. The monoisotopic (exact) mass is 363 g/mol. The van der Waals surface area contributed by atoms with E-state index < -0.39 is 0 Å². The summed E-state index contributed by atoms with van der Waals surface area (Å²) in [6.07, 6.45) is 0. The van der Waals surface area contributed by atoms with Crippen molar-refractivity contribution in [3.63, 3.8) is 0 Å². The lowest BCUT2D eigenvalue weighted by molar-refractivity contribution is 0.561. The molecule has 0 aliphatic rings. The van der Waals surface area contributed by atoms with Gasteiger partial charge in [0.25, 0.3) is 0 Å². The van der Waals surface area contributed by atoms with E-state index in [0.717, 1.165) is 16.6 Å². The van der Waals surface area contributed by atoms with Gasteiger partial charge in [0.05, 0.1) is 6.04 Å². The van der Waals surface area contributed by atoms with E-state index in [1.165, 1.54) is 16.2 Å². The van der Waals surface area contributed by atoms with Gasteiger partial charge in [-0.05, 0) is 50.9 Å². The summed E-state index contributed by atoms with van der Waals surface area (Å²) in [7, 11) is 0. The van der Waals surface area contributed by atoms with Crippen LogP contribution in [-0.2, 0) is 0 Å². The summed E-state index contributed by atoms with van der Waals surface area (Å²) in [5.41, 5.74) is 1.82. The molecule has 3 aromatic rings.